The Hall–Kier alpha value is -1.77. The quantitative estimate of drug-likeness (QED) is 0.892. The molecule has 1 unspecified atom stereocenters. The molecule has 0 aliphatic heterocycles. The second-order valence-corrected chi connectivity index (χ2v) is 7.49. The van der Waals surface area contributed by atoms with Gasteiger partial charge in [0.1, 0.15) is 0 Å². The van der Waals surface area contributed by atoms with E-state index in [-0.39, 0.29) is 16.5 Å². The Morgan fingerprint density at radius 1 is 1.43 bits per heavy atom. The molecular weight excluding hydrogens is 310 g/mol. The number of nitrogens with one attached hydrogen (secondary N) is 1. The Labute approximate surface area is 126 Å². The third kappa shape index (κ3) is 3.87. The second kappa shape index (κ2) is 5.92. The van der Waals surface area contributed by atoms with Crippen LogP contribution in [0.2, 0.25) is 0 Å². The summed E-state index contributed by atoms with van der Waals surface area (Å²) in [6.45, 7) is 1.80. The smallest absolute Gasteiger partial charge is 0.257 e. The summed E-state index contributed by atoms with van der Waals surface area (Å²) in [4.78, 5) is 16.4. The first-order valence-electron chi connectivity index (χ1n) is 6.10. The third-order valence-corrected chi connectivity index (χ3v) is 4.62. The molecule has 0 bridgehead atoms. The van der Waals surface area contributed by atoms with Gasteiger partial charge in [0.05, 0.1) is 10.6 Å². The Bertz CT molecular complexity index is 766. The highest BCUT2D eigenvalue weighted by molar-refractivity contribution is 7.90. The second-order valence-electron chi connectivity index (χ2n) is 4.62. The van der Waals surface area contributed by atoms with E-state index in [4.69, 9.17) is 5.73 Å². The van der Waals surface area contributed by atoms with Crippen LogP contribution in [0.4, 0.5) is 5.13 Å². The number of carbonyl (C=O) groups excluding carboxylic acids is 1. The maximum atomic E-state index is 12.1. The number of anilines is 1. The average molecular weight is 325 g/mol. The predicted octanol–water partition coefficient (Wildman–Crippen LogP) is 1.82. The highest BCUT2D eigenvalue weighted by Crippen LogP contribution is 2.20. The van der Waals surface area contributed by atoms with Crippen LogP contribution in [0, 0.1) is 0 Å². The average Bonchev–Trinajstić information content (AvgIpc) is 2.86. The van der Waals surface area contributed by atoms with E-state index in [1.54, 1.807) is 18.4 Å². The zero-order chi connectivity index (χ0) is 15.6. The molecular formula is C13H15N3O3S2. The molecule has 0 aliphatic rings. The number of carbonyl (C=O) groups is 1. The van der Waals surface area contributed by atoms with Crippen molar-refractivity contribution >= 4 is 32.2 Å². The van der Waals surface area contributed by atoms with Crippen LogP contribution >= 0.6 is 11.3 Å². The summed E-state index contributed by atoms with van der Waals surface area (Å²) in [5, 5.41) is 4.83. The van der Waals surface area contributed by atoms with Gasteiger partial charge in [-0.15, -0.1) is 11.3 Å². The van der Waals surface area contributed by atoms with Gasteiger partial charge in [0.2, 0.25) is 0 Å². The zero-order valence-corrected chi connectivity index (χ0v) is 13.2. The minimum absolute atomic E-state index is 0.102. The van der Waals surface area contributed by atoms with Crippen molar-refractivity contribution in [1.82, 2.24) is 4.98 Å². The predicted molar refractivity (Wildman–Crippen MR) is 82.2 cm³/mol. The number of amides is 1. The standard InChI is InChI=1S/C13H15N3O3S2/c1-8(14)11-7-20-13(15-11)16-12(17)9-4-3-5-10(6-9)21(2,18)19/h3-8H,14H2,1-2H3,(H,15,16,17). The first-order valence-corrected chi connectivity index (χ1v) is 8.87. The molecule has 0 fully saturated rings. The number of nitrogens with zero attached hydrogens (tertiary/aromatic N) is 1. The summed E-state index contributed by atoms with van der Waals surface area (Å²) >= 11 is 1.27. The molecule has 0 spiro atoms. The van der Waals surface area contributed by atoms with Crippen LogP contribution in [0.15, 0.2) is 34.5 Å². The van der Waals surface area contributed by atoms with E-state index in [9.17, 15) is 13.2 Å². The summed E-state index contributed by atoms with van der Waals surface area (Å²) in [6, 6.07) is 5.65. The van der Waals surface area contributed by atoms with Crippen LogP contribution < -0.4 is 11.1 Å². The maximum absolute atomic E-state index is 12.1. The Morgan fingerprint density at radius 2 is 2.14 bits per heavy atom. The van der Waals surface area contributed by atoms with Crippen LogP contribution in [0.25, 0.3) is 0 Å². The third-order valence-electron chi connectivity index (χ3n) is 2.73. The van der Waals surface area contributed by atoms with Crippen LogP contribution in [0.5, 0.6) is 0 Å². The lowest BCUT2D eigenvalue weighted by atomic mass is 10.2. The SMILES string of the molecule is CC(N)c1csc(NC(=O)c2cccc(S(C)(=O)=O)c2)n1. The van der Waals surface area contributed by atoms with Crippen LogP contribution in [-0.2, 0) is 9.84 Å². The molecule has 2 rings (SSSR count). The van der Waals surface area contributed by atoms with Crippen LogP contribution in [0.3, 0.4) is 0 Å². The fourth-order valence-corrected chi connectivity index (χ4v) is 3.07. The fraction of sp³-hybridized carbons (Fsp3) is 0.231. The van der Waals surface area contributed by atoms with Crippen molar-refractivity contribution in [2.24, 2.45) is 5.73 Å². The van der Waals surface area contributed by atoms with E-state index in [0.29, 0.717) is 10.8 Å². The molecule has 1 amide bonds. The number of thiazole rings is 1. The summed E-state index contributed by atoms with van der Waals surface area (Å²) < 4.78 is 23.0. The summed E-state index contributed by atoms with van der Waals surface area (Å²) in [5.41, 5.74) is 6.66. The fourth-order valence-electron chi connectivity index (χ4n) is 1.59. The van der Waals surface area contributed by atoms with E-state index in [2.05, 4.69) is 10.3 Å². The number of rotatable bonds is 4. The van der Waals surface area contributed by atoms with Gasteiger partial charge in [-0.3, -0.25) is 10.1 Å². The number of hydrogen-bond acceptors (Lipinski definition) is 6. The highest BCUT2D eigenvalue weighted by atomic mass is 32.2. The van der Waals surface area contributed by atoms with Gasteiger partial charge in [-0.1, -0.05) is 6.07 Å². The van der Waals surface area contributed by atoms with Crippen LogP contribution in [0.1, 0.15) is 29.0 Å². The maximum Gasteiger partial charge on any atom is 0.257 e. The molecule has 112 valence electrons. The minimum atomic E-state index is -3.35. The lowest BCUT2D eigenvalue weighted by Gasteiger charge is -2.04. The van der Waals surface area contributed by atoms with E-state index in [1.807, 2.05) is 0 Å². The number of hydrogen-bond donors (Lipinski definition) is 2. The molecule has 1 aromatic carbocycles. The van der Waals surface area contributed by atoms with Gasteiger partial charge in [-0.05, 0) is 25.1 Å². The van der Waals surface area contributed by atoms with E-state index in [0.717, 1.165) is 6.26 Å². The van der Waals surface area contributed by atoms with Crippen molar-refractivity contribution in [2.45, 2.75) is 17.9 Å². The van der Waals surface area contributed by atoms with Gasteiger partial charge in [-0.2, -0.15) is 0 Å². The first kappa shape index (κ1) is 15.6. The van der Waals surface area contributed by atoms with E-state index >= 15 is 0 Å². The van der Waals surface area contributed by atoms with Gasteiger partial charge in [0.15, 0.2) is 15.0 Å². The Balaban J connectivity index is 2.20. The summed E-state index contributed by atoms with van der Waals surface area (Å²) in [7, 11) is -3.35. The molecule has 0 radical (unpaired) electrons. The number of sulfone groups is 1. The van der Waals surface area contributed by atoms with Gasteiger partial charge in [0, 0.05) is 23.2 Å². The van der Waals surface area contributed by atoms with Crippen molar-refractivity contribution in [3.8, 4) is 0 Å². The number of aromatic nitrogens is 1. The van der Waals surface area contributed by atoms with Gasteiger partial charge < -0.3 is 5.73 Å². The van der Waals surface area contributed by atoms with E-state index in [1.165, 1.54) is 29.5 Å². The monoisotopic (exact) mass is 325 g/mol. The van der Waals surface area contributed by atoms with Gasteiger partial charge >= 0.3 is 0 Å². The summed E-state index contributed by atoms with van der Waals surface area (Å²) in [6.07, 6.45) is 1.10. The number of nitrogens with two attached hydrogens (primary N) is 1. The van der Waals surface area contributed by atoms with Crippen molar-refractivity contribution < 1.29 is 13.2 Å². The van der Waals surface area contributed by atoms with Crippen molar-refractivity contribution in [3.05, 3.63) is 40.9 Å². The molecule has 8 heteroatoms. The van der Waals surface area contributed by atoms with Crippen molar-refractivity contribution in [1.29, 1.82) is 0 Å². The highest BCUT2D eigenvalue weighted by Gasteiger charge is 2.13. The van der Waals surface area contributed by atoms with Crippen molar-refractivity contribution in [2.75, 3.05) is 11.6 Å². The molecule has 0 aliphatic carbocycles. The van der Waals surface area contributed by atoms with Crippen LogP contribution in [-0.4, -0.2) is 25.6 Å². The Morgan fingerprint density at radius 3 is 2.71 bits per heavy atom. The lowest BCUT2D eigenvalue weighted by Crippen LogP contribution is -2.13. The van der Waals surface area contributed by atoms with E-state index < -0.39 is 15.7 Å². The molecule has 21 heavy (non-hydrogen) atoms. The topological polar surface area (TPSA) is 102 Å². The molecule has 0 saturated carbocycles. The lowest BCUT2D eigenvalue weighted by molar-refractivity contribution is 0.102. The van der Waals surface area contributed by atoms with Crippen molar-refractivity contribution in [3.63, 3.8) is 0 Å². The van der Waals surface area contributed by atoms with Gasteiger partial charge in [-0.25, -0.2) is 13.4 Å². The molecule has 0 saturated heterocycles. The molecule has 2 aromatic rings. The largest absolute Gasteiger partial charge is 0.323 e. The number of benzene rings is 1. The first-order chi connectivity index (χ1) is 9.77. The molecule has 6 nitrogen and oxygen atoms in total. The molecule has 1 heterocycles. The minimum Gasteiger partial charge on any atom is -0.323 e. The normalized spacial score (nSPS) is 12.9. The molecule has 3 N–H and O–H groups in total. The zero-order valence-electron chi connectivity index (χ0n) is 11.5. The molecule has 1 atom stereocenters. The molecule has 1 aromatic heterocycles. The van der Waals surface area contributed by atoms with Gasteiger partial charge in [0.25, 0.3) is 5.91 Å². The Kier molecular flexibility index (Phi) is 4.40. The summed E-state index contributed by atoms with van der Waals surface area (Å²) in [5.74, 6) is -0.411.